The molecule has 0 radical (unpaired) electrons. The molecule has 8 heteroatoms. The number of aromatic nitrogens is 2. The Morgan fingerprint density at radius 2 is 1.76 bits per heavy atom. The summed E-state index contributed by atoms with van der Waals surface area (Å²) in [6, 6.07) is 14.5. The summed E-state index contributed by atoms with van der Waals surface area (Å²) in [6.07, 6.45) is -0.840. The van der Waals surface area contributed by atoms with Gasteiger partial charge >= 0.3 is 6.18 Å². The van der Waals surface area contributed by atoms with Crippen molar-refractivity contribution in [3.05, 3.63) is 70.3 Å². The number of hydrogen-bond acceptors (Lipinski definition) is 4. The Kier molecular flexibility index (Phi) is 6.74. The van der Waals surface area contributed by atoms with Gasteiger partial charge in [-0.3, -0.25) is 0 Å². The van der Waals surface area contributed by atoms with Crippen molar-refractivity contribution in [2.75, 3.05) is 10.6 Å². The van der Waals surface area contributed by atoms with Crippen molar-refractivity contribution in [1.82, 2.24) is 9.97 Å². The fourth-order valence-electron chi connectivity index (χ4n) is 2.73. The number of aryl methyl sites for hydroxylation is 1. The molecular formula is C21H20BrF3N4. The predicted molar refractivity (Wildman–Crippen MR) is 113 cm³/mol. The fourth-order valence-corrected chi connectivity index (χ4v) is 2.99. The first-order valence-electron chi connectivity index (χ1n) is 9.18. The zero-order chi connectivity index (χ0) is 20.9. The van der Waals surface area contributed by atoms with Crippen LogP contribution in [-0.4, -0.2) is 9.97 Å². The number of unbranched alkanes of at least 4 members (excludes halogenated alkanes) is 1. The summed E-state index contributed by atoms with van der Waals surface area (Å²) < 4.78 is 41.3. The molecule has 0 saturated carbocycles. The Bertz CT molecular complexity index is 959. The van der Waals surface area contributed by atoms with Gasteiger partial charge in [0.2, 0.25) is 5.95 Å². The monoisotopic (exact) mass is 464 g/mol. The number of benzene rings is 2. The van der Waals surface area contributed by atoms with Gasteiger partial charge in [-0.2, -0.15) is 18.2 Å². The molecule has 3 rings (SSSR count). The average Bonchev–Trinajstić information content (AvgIpc) is 2.68. The minimum atomic E-state index is -4.57. The van der Waals surface area contributed by atoms with Crippen LogP contribution in [0.3, 0.4) is 0 Å². The highest BCUT2D eigenvalue weighted by Gasteiger charge is 2.35. The third kappa shape index (κ3) is 5.93. The molecule has 1 aromatic heterocycles. The third-order valence-electron chi connectivity index (χ3n) is 4.20. The molecule has 2 N–H and O–H groups in total. The second-order valence-electron chi connectivity index (χ2n) is 6.51. The molecule has 0 saturated heterocycles. The number of hydrogen-bond donors (Lipinski definition) is 2. The van der Waals surface area contributed by atoms with E-state index in [1.807, 2.05) is 30.3 Å². The van der Waals surface area contributed by atoms with Crippen molar-refractivity contribution in [3.8, 4) is 0 Å². The quantitative estimate of drug-likeness (QED) is 0.391. The summed E-state index contributed by atoms with van der Waals surface area (Å²) in [5.74, 6) is -0.218. The number of nitrogens with zero attached hydrogens (tertiary/aromatic N) is 2. The van der Waals surface area contributed by atoms with Gasteiger partial charge in [-0.05, 0) is 54.8 Å². The van der Waals surface area contributed by atoms with E-state index >= 15 is 0 Å². The highest BCUT2D eigenvalue weighted by molar-refractivity contribution is 9.10. The summed E-state index contributed by atoms with van der Waals surface area (Å²) in [7, 11) is 0. The molecule has 0 aliphatic rings. The van der Waals surface area contributed by atoms with E-state index in [0.29, 0.717) is 11.4 Å². The lowest BCUT2D eigenvalue weighted by atomic mass is 10.1. The Labute approximate surface area is 175 Å². The normalized spacial score (nSPS) is 11.3. The Hall–Kier alpha value is -2.61. The molecule has 0 bridgehead atoms. The highest BCUT2D eigenvalue weighted by atomic mass is 79.9. The van der Waals surface area contributed by atoms with Crippen molar-refractivity contribution in [3.63, 3.8) is 0 Å². The first-order valence-corrected chi connectivity index (χ1v) is 9.97. The van der Waals surface area contributed by atoms with Gasteiger partial charge in [-0.1, -0.05) is 41.4 Å². The summed E-state index contributed by atoms with van der Waals surface area (Å²) >= 11 is 3.34. The molecule has 152 valence electrons. The first-order chi connectivity index (χ1) is 13.8. The van der Waals surface area contributed by atoms with E-state index in [-0.39, 0.29) is 11.8 Å². The van der Waals surface area contributed by atoms with E-state index in [2.05, 4.69) is 43.5 Å². The van der Waals surface area contributed by atoms with Gasteiger partial charge in [-0.25, -0.2) is 4.98 Å². The van der Waals surface area contributed by atoms with Crippen molar-refractivity contribution in [2.45, 2.75) is 32.4 Å². The standard InChI is InChI=1S/C21H20BrF3N4/c1-2-3-5-14-6-4-7-17(12-14)27-19-18(21(23,24)25)13-26-20(29-19)28-16-10-8-15(22)9-11-16/h4,6-13H,2-3,5H2,1H3,(H2,26,27,28,29). The molecular weight excluding hydrogens is 445 g/mol. The molecule has 4 nitrogen and oxygen atoms in total. The predicted octanol–water partition coefficient (Wildman–Crippen LogP) is 7.09. The molecule has 0 unspecified atom stereocenters. The first kappa shape index (κ1) is 21.1. The molecule has 2 aromatic carbocycles. The summed E-state index contributed by atoms with van der Waals surface area (Å²) in [4.78, 5) is 7.91. The van der Waals surface area contributed by atoms with Gasteiger partial charge in [0.25, 0.3) is 0 Å². The minimum absolute atomic E-state index is 0.0740. The van der Waals surface area contributed by atoms with Crippen molar-refractivity contribution in [2.24, 2.45) is 0 Å². The third-order valence-corrected chi connectivity index (χ3v) is 4.73. The zero-order valence-corrected chi connectivity index (χ0v) is 17.3. The van der Waals surface area contributed by atoms with E-state index in [1.54, 1.807) is 18.2 Å². The van der Waals surface area contributed by atoms with Gasteiger partial charge in [0, 0.05) is 22.0 Å². The number of halogens is 4. The van der Waals surface area contributed by atoms with E-state index < -0.39 is 11.7 Å². The molecule has 1 heterocycles. The number of alkyl halides is 3. The maximum absolute atomic E-state index is 13.5. The Morgan fingerprint density at radius 1 is 1.00 bits per heavy atom. The summed E-state index contributed by atoms with van der Waals surface area (Å²) in [5.41, 5.74) is 1.36. The van der Waals surface area contributed by atoms with Crippen LogP contribution in [0.5, 0.6) is 0 Å². The van der Waals surface area contributed by atoms with E-state index in [1.165, 1.54) is 0 Å². The molecule has 0 amide bonds. The maximum atomic E-state index is 13.5. The van der Waals surface area contributed by atoms with Crippen molar-refractivity contribution >= 4 is 39.1 Å². The van der Waals surface area contributed by atoms with Crippen LogP contribution in [0.2, 0.25) is 0 Å². The Morgan fingerprint density at radius 3 is 2.45 bits per heavy atom. The molecule has 3 aromatic rings. The molecule has 0 aliphatic heterocycles. The molecule has 29 heavy (non-hydrogen) atoms. The van der Waals surface area contributed by atoms with Gasteiger partial charge in [0.15, 0.2) is 0 Å². The van der Waals surface area contributed by atoms with Crippen LogP contribution in [0.4, 0.5) is 36.3 Å². The van der Waals surface area contributed by atoms with Gasteiger partial charge < -0.3 is 10.6 Å². The minimum Gasteiger partial charge on any atom is -0.340 e. The summed E-state index contributed by atoms with van der Waals surface area (Å²) in [5, 5.41) is 5.74. The van der Waals surface area contributed by atoms with E-state index in [9.17, 15) is 13.2 Å². The summed E-state index contributed by atoms with van der Waals surface area (Å²) in [6.45, 7) is 2.10. The topological polar surface area (TPSA) is 49.8 Å². The van der Waals surface area contributed by atoms with E-state index in [4.69, 9.17) is 0 Å². The molecule has 0 atom stereocenters. The second-order valence-corrected chi connectivity index (χ2v) is 7.43. The molecule has 0 spiro atoms. The van der Waals surface area contributed by atoms with Gasteiger partial charge in [0.1, 0.15) is 11.4 Å². The largest absolute Gasteiger partial charge is 0.421 e. The number of nitrogens with one attached hydrogen (secondary N) is 2. The lowest BCUT2D eigenvalue weighted by Crippen LogP contribution is -2.12. The van der Waals surface area contributed by atoms with Crippen LogP contribution in [0.1, 0.15) is 30.9 Å². The SMILES string of the molecule is CCCCc1cccc(Nc2nc(Nc3ccc(Br)cc3)ncc2C(F)(F)F)c1. The lowest BCUT2D eigenvalue weighted by Gasteiger charge is -2.15. The van der Waals surface area contributed by atoms with Crippen LogP contribution in [-0.2, 0) is 12.6 Å². The Balaban J connectivity index is 1.89. The van der Waals surface area contributed by atoms with Crippen LogP contribution in [0.15, 0.2) is 59.2 Å². The van der Waals surface area contributed by atoms with Crippen LogP contribution >= 0.6 is 15.9 Å². The zero-order valence-electron chi connectivity index (χ0n) is 15.7. The number of rotatable bonds is 7. The van der Waals surface area contributed by atoms with Gasteiger partial charge in [-0.15, -0.1) is 0 Å². The van der Waals surface area contributed by atoms with E-state index in [0.717, 1.165) is 35.5 Å². The van der Waals surface area contributed by atoms with Gasteiger partial charge in [0.05, 0.1) is 0 Å². The maximum Gasteiger partial charge on any atom is 0.421 e. The number of anilines is 4. The average molecular weight is 465 g/mol. The smallest absolute Gasteiger partial charge is 0.340 e. The van der Waals surface area contributed by atoms with Crippen LogP contribution in [0, 0.1) is 0 Å². The molecule has 0 fully saturated rings. The van der Waals surface area contributed by atoms with Crippen LogP contribution < -0.4 is 10.6 Å². The fraction of sp³-hybridized carbons (Fsp3) is 0.238. The molecule has 0 aliphatic carbocycles. The second kappa shape index (κ2) is 9.26. The van der Waals surface area contributed by atoms with Crippen molar-refractivity contribution in [1.29, 1.82) is 0 Å². The van der Waals surface area contributed by atoms with Crippen molar-refractivity contribution < 1.29 is 13.2 Å². The highest BCUT2D eigenvalue weighted by Crippen LogP contribution is 2.35. The lowest BCUT2D eigenvalue weighted by molar-refractivity contribution is -0.137. The van der Waals surface area contributed by atoms with Crippen LogP contribution in [0.25, 0.3) is 0 Å².